The number of aryl methyl sites for hydroxylation is 1. The molecule has 0 N–H and O–H groups in total. The Hall–Kier alpha value is -3.18. The normalized spacial score (nSPS) is 11.4. The predicted octanol–water partition coefficient (Wildman–Crippen LogP) is 5.65. The van der Waals surface area contributed by atoms with Gasteiger partial charge in [0, 0.05) is 16.8 Å². The van der Waals surface area contributed by atoms with E-state index in [1.807, 2.05) is 53.9 Å². The van der Waals surface area contributed by atoms with Gasteiger partial charge in [-0.2, -0.15) is 0 Å². The first-order valence-electron chi connectivity index (χ1n) is 8.75. The highest BCUT2D eigenvalue weighted by Gasteiger charge is 2.14. The number of aromatic nitrogens is 2. The molecule has 0 bridgehead atoms. The second-order valence-electron chi connectivity index (χ2n) is 6.38. The number of nitrogens with zero attached hydrogens (tertiary/aromatic N) is 3. The smallest absolute Gasteiger partial charge is 0.142 e. The summed E-state index contributed by atoms with van der Waals surface area (Å²) < 4.78 is 15.2. The topological polar surface area (TPSA) is 38.9 Å². The second kappa shape index (κ2) is 7.82. The SMILES string of the molecule is Cc1cccn2c(/C=N/OCc3cccc(F)c3)c(-c3ccc(Cl)cc3)nc12. The van der Waals surface area contributed by atoms with Crippen LogP contribution >= 0.6 is 11.6 Å². The van der Waals surface area contributed by atoms with Gasteiger partial charge in [-0.3, -0.25) is 4.40 Å². The minimum absolute atomic E-state index is 0.181. The molecule has 0 atom stereocenters. The van der Waals surface area contributed by atoms with E-state index in [-0.39, 0.29) is 12.4 Å². The van der Waals surface area contributed by atoms with Gasteiger partial charge in [0.2, 0.25) is 0 Å². The Morgan fingerprint density at radius 3 is 2.75 bits per heavy atom. The Bertz CT molecular complexity index is 1150. The summed E-state index contributed by atoms with van der Waals surface area (Å²) in [4.78, 5) is 10.2. The van der Waals surface area contributed by atoms with Gasteiger partial charge in [-0.15, -0.1) is 0 Å². The average molecular weight is 394 g/mol. The molecular weight excluding hydrogens is 377 g/mol. The van der Waals surface area contributed by atoms with Gasteiger partial charge in [-0.1, -0.05) is 47.1 Å². The molecule has 0 saturated heterocycles. The zero-order valence-electron chi connectivity index (χ0n) is 15.1. The molecular formula is C22H17ClFN3O. The van der Waals surface area contributed by atoms with Crippen LogP contribution in [0.4, 0.5) is 4.39 Å². The molecule has 2 heterocycles. The molecule has 0 spiro atoms. The summed E-state index contributed by atoms with van der Waals surface area (Å²) >= 11 is 6.02. The highest BCUT2D eigenvalue weighted by atomic mass is 35.5. The van der Waals surface area contributed by atoms with E-state index >= 15 is 0 Å². The molecule has 0 aliphatic carbocycles. The van der Waals surface area contributed by atoms with Crippen LogP contribution in [0.1, 0.15) is 16.8 Å². The molecule has 28 heavy (non-hydrogen) atoms. The third-order valence-corrected chi connectivity index (χ3v) is 4.62. The van der Waals surface area contributed by atoms with E-state index in [1.165, 1.54) is 12.1 Å². The summed E-state index contributed by atoms with van der Waals surface area (Å²) in [6.45, 7) is 2.19. The monoisotopic (exact) mass is 393 g/mol. The summed E-state index contributed by atoms with van der Waals surface area (Å²) in [5.74, 6) is -0.299. The molecule has 2 aromatic heterocycles. The summed E-state index contributed by atoms with van der Waals surface area (Å²) in [5, 5.41) is 4.75. The fourth-order valence-electron chi connectivity index (χ4n) is 2.99. The molecule has 4 rings (SSSR count). The van der Waals surface area contributed by atoms with E-state index in [0.717, 1.165) is 28.2 Å². The Morgan fingerprint density at radius 2 is 1.96 bits per heavy atom. The van der Waals surface area contributed by atoms with Crippen LogP contribution in [0.15, 0.2) is 72.0 Å². The second-order valence-corrected chi connectivity index (χ2v) is 6.81. The lowest BCUT2D eigenvalue weighted by Crippen LogP contribution is -1.95. The standard InChI is InChI=1S/C22H17ClFN3O/c1-15-4-3-11-27-20(13-25-28-14-16-5-2-6-19(24)12-16)21(26-22(15)27)17-7-9-18(23)10-8-17/h2-13H,14H2,1H3/b25-13+. The largest absolute Gasteiger partial charge is 0.391 e. The van der Waals surface area contributed by atoms with Gasteiger partial charge >= 0.3 is 0 Å². The van der Waals surface area contributed by atoms with Crippen molar-refractivity contribution in [1.82, 2.24) is 9.38 Å². The van der Waals surface area contributed by atoms with E-state index in [2.05, 4.69) is 5.16 Å². The summed E-state index contributed by atoms with van der Waals surface area (Å²) in [5.41, 5.74) is 5.12. The minimum atomic E-state index is -0.299. The van der Waals surface area contributed by atoms with Crippen molar-refractivity contribution in [2.45, 2.75) is 13.5 Å². The highest BCUT2D eigenvalue weighted by molar-refractivity contribution is 6.30. The van der Waals surface area contributed by atoms with E-state index in [9.17, 15) is 4.39 Å². The van der Waals surface area contributed by atoms with Crippen LogP contribution in [0.3, 0.4) is 0 Å². The van der Waals surface area contributed by atoms with Crippen LogP contribution in [0.2, 0.25) is 5.02 Å². The van der Waals surface area contributed by atoms with Crippen molar-refractivity contribution in [2.24, 2.45) is 5.16 Å². The number of oxime groups is 1. The van der Waals surface area contributed by atoms with Crippen molar-refractivity contribution in [3.05, 3.63) is 94.5 Å². The van der Waals surface area contributed by atoms with Gasteiger partial charge in [-0.05, 0) is 48.4 Å². The number of pyridine rings is 1. The summed E-state index contributed by atoms with van der Waals surface area (Å²) in [7, 11) is 0. The van der Waals surface area contributed by atoms with Crippen LogP contribution in [-0.2, 0) is 11.4 Å². The third kappa shape index (κ3) is 3.75. The van der Waals surface area contributed by atoms with Crippen molar-refractivity contribution < 1.29 is 9.23 Å². The zero-order valence-corrected chi connectivity index (χ0v) is 15.9. The molecule has 140 valence electrons. The molecule has 0 aliphatic rings. The number of hydrogen-bond donors (Lipinski definition) is 0. The quantitative estimate of drug-likeness (QED) is 0.324. The predicted molar refractivity (Wildman–Crippen MR) is 109 cm³/mol. The molecule has 0 fully saturated rings. The number of halogens is 2. The van der Waals surface area contributed by atoms with E-state index in [4.69, 9.17) is 21.4 Å². The highest BCUT2D eigenvalue weighted by Crippen LogP contribution is 2.26. The van der Waals surface area contributed by atoms with Gasteiger partial charge < -0.3 is 4.84 Å². The molecule has 6 heteroatoms. The Labute approximate surface area is 166 Å². The zero-order chi connectivity index (χ0) is 19.5. The first-order chi connectivity index (χ1) is 13.6. The van der Waals surface area contributed by atoms with Crippen molar-refractivity contribution in [3.63, 3.8) is 0 Å². The van der Waals surface area contributed by atoms with Crippen molar-refractivity contribution in [1.29, 1.82) is 0 Å². The minimum Gasteiger partial charge on any atom is -0.391 e. The number of imidazole rings is 1. The van der Waals surface area contributed by atoms with Gasteiger partial charge in [0.15, 0.2) is 0 Å². The number of hydrogen-bond acceptors (Lipinski definition) is 3. The number of fused-ring (bicyclic) bond motifs is 1. The van der Waals surface area contributed by atoms with E-state index < -0.39 is 0 Å². The fraction of sp³-hybridized carbons (Fsp3) is 0.0909. The lowest BCUT2D eigenvalue weighted by Gasteiger charge is -2.02. The molecule has 4 nitrogen and oxygen atoms in total. The van der Waals surface area contributed by atoms with Gasteiger partial charge in [0.25, 0.3) is 0 Å². The maximum Gasteiger partial charge on any atom is 0.142 e. The fourth-order valence-corrected chi connectivity index (χ4v) is 3.12. The van der Waals surface area contributed by atoms with Crippen LogP contribution in [0.25, 0.3) is 16.9 Å². The van der Waals surface area contributed by atoms with Gasteiger partial charge in [0.05, 0.1) is 17.6 Å². The molecule has 0 saturated carbocycles. The summed E-state index contributed by atoms with van der Waals surface area (Å²) in [6.07, 6.45) is 3.56. The first kappa shape index (κ1) is 18.2. The molecule has 2 aromatic carbocycles. The molecule has 0 unspecified atom stereocenters. The number of benzene rings is 2. The Morgan fingerprint density at radius 1 is 1.14 bits per heavy atom. The lowest BCUT2D eigenvalue weighted by molar-refractivity contribution is 0.132. The van der Waals surface area contributed by atoms with Gasteiger partial charge in [0.1, 0.15) is 18.1 Å². The molecule has 4 aromatic rings. The molecule has 0 amide bonds. The lowest BCUT2D eigenvalue weighted by atomic mass is 10.1. The average Bonchev–Trinajstić information content (AvgIpc) is 3.06. The van der Waals surface area contributed by atoms with E-state index in [1.54, 1.807) is 18.3 Å². The van der Waals surface area contributed by atoms with Crippen molar-refractivity contribution >= 4 is 23.5 Å². The van der Waals surface area contributed by atoms with Crippen LogP contribution < -0.4 is 0 Å². The summed E-state index contributed by atoms with van der Waals surface area (Å²) in [6, 6.07) is 17.7. The van der Waals surface area contributed by atoms with Crippen LogP contribution in [0.5, 0.6) is 0 Å². The Kier molecular flexibility index (Phi) is 5.08. The van der Waals surface area contributed by atoms with Crippen LogP contribution in [-0.4, -0.2) is 15.6 Å². The van der Waals surface area contributed by atoms with Crippen LogP contribution in [0, 0.1) is 12.7 Å². The molecule has 0 radical (unpaired) electrons. The number of rotatable bonds is 5. The third-order valence-electron chi connectivity index (χ3n) is 4.37. The first-order valence-corrected chi connectivity index (χ1v) is 9.13. The Balaban J connectivity index is 1.67. The van der Waals surface area contributed by atoms with Crippen molar-refractivity contribution in [2.75, 3.05) is 0 Å². The van der Waals surface area contributed by atoms with Gasteiger partial charge in [-0.25, -0.2) is 9.37 Å². The maximum atomic E-state index is 13.3. The van der Waals surface area contributed by atoms with E-state index in [0.29, 0.717) is 10.6 Å². The van der Waals surface area contributed by atoms with Crippen molar-refractivity contribution in [3.8, 4) is 11.3 Å². The maximum absolute atomic E-state index is 13.3. The molecule has 0 aliphatic heterocycles.